The molecule has 0 radical (unpaired) electrons. The van der Waals surface area contributed by atoms with Crippen molar-refractivity contribution in [2.75, 3.05) is 14.2 Å². The van der Waals surface area contributed by atoms with Gasteiger partial charge in [0.25, 0.3) is 0 Å². The zero-order chi connectivity index (χ0) is 19.1. The van der Waals surface area contributed by atoms with Gasteiger partial charge in [0.2, 0.25) is 5.91 Å². The summed E-state index contributed by atoms with van der Waals surface area (Å²) < 4.78 is 10.3. The van der Waals surface area contributed by atoms with Crippen LogP contribution in [-0.4, -0.2) is 36.4 Å². The van der Waals surface area contributed by atoms with E-state index < -0.39 is 16.4 Å². The Morgan fingerprint density at radius 1 is 1.23 bits per heavy atom. The number of carbonyl (C=O) groups excluding carboxylic acids is 1. The smallest absolute Gasteiger partial charge is 0.311 e. The van der Waals surface area contributed by atoms with Gasteiger partial charge in [0.1, 0.15) is 0 Å². The molecule has 0 heterocycles. The summed E-state index contributed by atoms with van der Waals surface area (Å²) in [5.74, 6) is 0.257. The fourth-order valence-corrected chi connectivity index (χ4v) is 2.16. The minimum absolute atomic E-state index is 0.0629. The molecule has 0 aromatic heterocycles. The van der Waals surface area contributed by atoms with Crippen LogP contribution in [0.3, 0.4) is 0 Å². The van der Waals surface area contributed by atoms with E-state index in [1.54, 1.807) is 18.2 Å². The van der Waals surface area contributed by atoms with Crippen LogP contribution < -0.4 is 14.9 Å². The minimum atomic E-state index is -0.706. The Morgan fingerprint density at radius 3 is 2.62 bits per heavy atom. The van der Waals surface area contributed by atoms with Crippen molar-refractivity contribution >= 4 is 17.8 Å². The summed E-state index contributed by atoms with van der Waals surface area (Å²) in [6, 6.07) is 8.89. The molecule has 0 unspecified atom stereocenters. The number of phenols is 1. The Morgan fingerprint density at radius 2 is 1.96 bits per heavy atom. The average molecular weight is 359 g/mol. The third kappa shape index (κ3) is 4.69. The van der Waals surface area contributed by atoms with Gasteiger partial charge in [-0.1, -0.05) is 6.07 Å². The van der Waals surface area contributed by atoms with Gasteiger partial charge in [-0.25, -0.2) is 5.43 Å². The molecule has 9 heteroatoms. The number of hydrogen-bond acceptors (Lipinski definition) is 7. The predicted octanol–water partition coefficient (Wildman–Crippen LogP) is 2.01. The molecule has 9 nitrogen and oxygen atoms in total. The molecule has 0 spiro atoms. The number of aromatic hydroxyl groups is 1. The van der Waals surface area contributed by atoms with Crippen molar-refractivity contribution in [1.82, 2.24) is 5.43 Å². The number of nitrogens with zero attached hydrogens (tertiary/aromatic N) is 2. The maximum absolute atomic E-state index is 11.9. The molecule has 0 aliphatic rings. The molecule has 2 rings (SSSR count). The lowest BCUT2D eigenvalue weighted by Crippen LogP contribution is -2.19. The Kier molecular flexibility index (Phi) is 6.10. The highest BCUT2D eigenvalue weighted by atomic mass is 16.6. The summed E-state index contributed by atoms with van der Waals surface area (Å²) in [6.45, 7) is 0. The van der Waals surface area contributed by atoms with Gasteiger partial charge in [0.05, 0.1) is 31.8 Å². The number of nitrogens with one attached hydrogen (secondary N) is 1. The van der Waals surface area contributed by atoms with E-state index in [2.05, 4.69) is 10.5 Å². The van der Waals surface area contributed by atoms with Crippen molar-refractivity contribution in [3.8, 4) is 17.2 Å². The summed E-state index contributed by atoms with van der Waals surface area (Å²) in [7, 11) is 3.02. The number of nitro groups is 1. The standard InChI is InChI=1S/C17H17N3O6/c1-25-15-6-4-11(8-16(15)26-2)9-17(22)19-18-10-12-3-5-14(21)13(7-12)20(23)24/h3-8,10,21H,9H2,1-2H3,(H,19,22)/b18-10+. The Labute approximate surface area is 149 Å². The van der Waals surface area contributed by atoms with Crippen molar-refractivity contribution in [2.45, 2.75) is 6.42 Å². The van der Waals surface area contributed by atoms with Crippen molar-refractivity contribution in [3.63, 3.8) is 0 Å². The highest BCUT2D eigenvalue weighted by molar-refractivity contribution is 5.84. The van der Waals surface area contributed by atoms with E-state index in [1.807, 2.05) is 0 Å². The average Bonchev–Trinajstić information content (AvgIpc) is 2.62. The fraction of sp³-hybridized carbons (Fsp3) is 0.176. The van der Waals surface area contributed by atoms with Crippen LogP contribution in [-0.2, 0) is 11.2 Å². The van der Waals surface area contributed by atoms with Gasteiger partial charge in [0.15, 0.2) is 17.2 Å². The molecule has 0 saturated heterocycles. The first-order chi connectivity index (χ1) is 12.4. The highest BCUT2D eigenvalue weighted by Crippen LogP contribution is 2.27. The normalized spacial score (nSPS) is 10.5. The summed E-state index contributed by atoms with van der Waals surface area (Å²) in [4.78, 5) is 22.0. The van der Waals surface area contributed by atoms with Gasteiger partial charge >= 0.3 is 5.69 Å². The lowest BCUT2D eigenvalue weighted by molar-refractivity contribution is -0.385. The molecule has 0 saturated carbocycles. The number of carbonyl (C=O) groups is 1. The number of hydrogen-bond donors (Lipinski definition) is 2. The zero-order valence-corrected chi connectivity index (χ0v) is 14.1. The van der Waals surface area contributed by atoms with E-state index in [0.29, 0.717) is 22.6 Å². The first kappa shape index (κ1) is 18.7. The Bertz CT molecular complexity index is 850. The lowest BCUT2D eigenvalue weighted by atomic mass is 10.1. The second-order valence-corrected chi connectivity index (χ2v) is 5.16. The zero-order valence-electron chi connectivity index (χ0n) is 14.1. The summed E-state index contributed by atoms with van der Waals surface area (Å²) in [5.41, 5.74) is 2.96. The van der Waals surface area contributed by atoms with Gasteiger partial charge in [-0.05, 0) is 29.8 Å². The molecule has 2 aromatic rings. The molecule has 136 valence electrons. The number of benzene rings is 2. The van der Waals surface area contributed by atoms with E-state index >= 15 is 0 Å². The molecule has 0 aliphatic carbocycles. The quantitative estimate of drug-likeness (QED) is 0.443. The van der Waals surface area contributed by atoms with Gasteiger partial charge in [0, 0.05) is 11.6 Å². The number of nitro benzene ring substituents is 1. The minimum Gasteiger partial charge on any atom is -0.502 e. The van der Waals surface area contributed by atoms with Crippen LogP contribution >= 0.6 is 0 Å². The first-order valence-electron chi connectivity index (χ1n) is 7.44. The van der Waals surface area contributed by atoms with Crippen LogP contribution in [0, 0.1) is 10.1 Å². The SMILES string of the molecule is COc1ccc(CC(=O)N/N=C/c2ccc(O)c([N+](=O)[O-])c2)cc1OC. The van der Waals surface area contributed by atoms with Gasteiger partial charge < -0.3 is 14.6 Å². The molecular formula is C17H17N3O6. The first-order valence-corrected chi connectivity index (χ1v) is 7.44. The third-order valence-corrected chi connectivity index (χ3v) is 3.41. The molecule has 0 bridgehead atoms. The summed E-state index contributed by atoms with van der Waals surface area (Å²) in [6.07, 6.45) is 1.31. The van der Waals surface area contributed by atoms with Gasteiger partial charge in [-0.2, -0.15) is 5.10 Å². The lowest BCUT2D eigenvalue weighted by Gasteiger charge is -2.09. The van der Waals surface area contributed by atoms with Crippen LogP contribution in [0.1, 0.15) is 11.1 Å². The molecule has 0 aliphatic heterocycles. The van der Waals surface area contributed by atoms with Crippen LogP contribution in [0.5, 0.6) is 17.2 Å². The van der Waals surface area contributed by atoms with Crippen LogP contribution in [0.4, 0.5) is 5.69 Å². The largest absolute Gasteiger partial charge is 0.502 e. The molecule has 2 aromatic carbocycles. The maximum Gasteiger partial charge on any atom is 0.311 e. The molecular weight excluding hydrogens is 342 g/mol. The maximum atomic E-state index is 11.9. The van der Waals surface area contributed by atoms with Crippen LogP contribution in [0.2, 0.25) is 0 Å². The molecule has 26 heavy (non-hydrogen) atoms. The van der Waals surface area contributed by atoms with Crippen LogP contribution in [0.25, 0.3) is 0 Å². The van der Waals surface area contributed by atoms with Gasteiger partial charge in [-0.3, -0.25) is 14.9 Å². The van der Waals surface area contributed by atoms with Crippen LogP contribution in [0.15, 0.2) is 41.5 Å². The van der Waals surface area contributed by atoms with E-state index in [1.165, 1.54) is 32.6 Å². The van der Waals surface area contributed by atoms with Crippen molar-refractivity contribution in [2.24, 2.45) is 5.10 Å². The topological polar surface area (TPSA) is 123 Å². The van der Waals surface area contributed by atoms with Crippen molar-refractivity contribution in [1.29, 1.82) is 0 Å². The van der Waals surface area contributed by atoms with E-state index in [4.69, 9.17) is 9.47 Å². The number of amides is 1. The number of ether oxygens (including phenoxy) is 2. The molecule has 1 amide bonds. The van der Waals surface area contributed by atoms with Crippen molar-refractivity contribution in [3.05, 3.63) is 57.6 Å². The number of methoxy groups -OCH3 is 2. The highest BCUT2D eigenvalue weighted by Gasteiger charge is 2.13. The Balaban J connectivity index is 1.99. The summed E-state index contributed by atoms with van der Waals surface area (Å²) >= 11 is 0. The molecule has 0 atom stereocenters. The van der Waals surface area contributed by atoms with E-state index in [0.717, 1.165) is 6.07 Å². The van der Waals surface area contributed by atoms with E-state index in [-0.39, 0.29) is 12.3 Å². The molecule has 2 N–H and O–H groups in total. The number of rotatable bonds is 7. The molecule has 0 fully saturated rings. The Hall–Kier alpha value is -3.62. The monoisotopic (exact) mass is 359 g/mol. The van der Waals surface area contributed by atoms with Crippen molar-refractivity contribution < 1.29 is 24.3 Å². The third-order valence-electron chi connectivity index (χ3n) is 3.41. The van der Waals surface area contributed by atoms with E-state index in [9.17, 15) is 20.0 Å². The second kappa shape index (κ2) is 8.47. The number of hydrazone groups is 1. The second-order valence-electron chi connectivity index (χ2n) is 5.16. The predicted molar refractivity (Wildman–Crippen MR) is 93.7 cm³/mol. The number of phenolic OH excluding ortho intramolecular Hbond substituents is 1. The summed E-state index contributed by atoms with van der Waals surface area (Å²) in [5, 5.41) is 23.9. The fourth-order valence-electron chi connectivity index (χ4n) is 2.16. The van der Waals surface area contributed by atoms with Gasteiger partial charge in [-0.15, -0.1) is 0 Å².